The fourth-order valence-corrected chi connectivity index (χ4v) is 2.89. The Balaban J connectivity index is 2.30. The van der Waals surface area contributed by atoms with Crippen LogP contribution in [0.2, 0.25) is 5.15 Å². The van der Waals surface area contributed by atoms with E-state index in [2.05, 4.69) is 4.98 Å². The minimum absolute atomic E-state index is 0.0990. The molecule has 0 aliphatic carbocycles. The molecule has 0 bridgehead atoms. The zero-order valence-corrected chi connectivity index (χ0v) is 13.3. The van der Waals surface area contributed by atoms with Crippen LogP contribution in [0, 0.1) is 0 Å². The molecular formula is C17H11ClN2O4. The Bertz CT molecular complexity index is 1180. The van der Waals surface area contributed by atoms with E-state index in [1.54, 1.807) is 29.5 Å². The number of hydrogen-bond donors (Lipinski definition) is 0. The number of benzene rings is 1. The topological polar surface area (TPSA) is 73.8 Å². The summed E-state index contributed by atoms with van der Waals surface area (Å²) in [4.78, 5) is 29.4. The third kappa shape index (κ3) is 2.00. The van der Waals surface area contributed by atoms with Crippen molar-refractivity contribution in [1.82, 2.24) is 9.38 Å². The van der Waals surface area contributed by atoms with E-state index in [9.17, 15) is 9.59 Å². The first kappa shape index (κ1) is 14.7. The maximum Gasteiger partial charge on any atom is 0.347 e. The van der Waals surface area contributed by atoms with Crippen LogP contribution in [0.3, 0.4) is 0 Å². The van der Waals surface area contributed by atoms with Gasteiger partial charge in [0.05, 0.1) is 17.5 Å². The summed E-state index contributed by atoms with van der Waals surface area (Å²) in [6.07, 6.45) is 0. The van der Waals surface area contributed by atoms with Crippen molar-refractivity contribution in [2.75, 3.05) is 6.61 Å². The molecule has 0 aliphatic rings. The van der Waals surface area contributed by atoms with Crippen molar-refractivity contribution in [3.63, 3.8) is 0 Å². The number of carbonyl (C=O) groups excluding carboxylic acids is 1. The Hall–Kier alpha value is -2.86. The Labute approximate surface area is 140 Å². The van der Waals surface area contributed by atoms with Gasteiger partial charge in [-0.15, -0.1) is 0 Å². The molecule has 0 saturated heterocycles. The van der Waals surface area contributed by atoms with Gasteiger partial charge in [0.1, 0.15) is 5.15 Å². The zero-order valence-electron chi connectivity index (χ0n) is 12.6. The molecule has 120 valence electrons. The van der Waals surface area contributed by atoms with Crippen LogP contribution in [0.25, 0.3) is 27.8 Å². The Morgan fingerprint density at radius 2 is 2.08 bits per heavy atom. The lowest BCUT2D eigenvalue weighted by Crippen LogP contribution is -2.20. The number of halogens is 1. The third-order valence-electron chi connectivity index (χ3n) is 3.73. The summed E-state index contributed by atoms with van der Waals surface area (Å²) in [5.41, 5.74) is 0.994. The van der Waals surface area contributed by atoms with Crippen LogP contribution in [-0.4, -0.2) is 22.0 Å². The molecule has 6 nitrogen and oxygen atoms in total. The summed E-state index contributed by atoms with van der Waals surface area (Å²) in [5.74, 6) is -0.726. The maximum absolute atomic E-state index is 12.8. The van der Waals surface area contributed by atoms with Gasteiger partial charge in [-0.05, 0) is 31.2 Å². The minimum atomic E-state index is -0.726. The number of carbonyl (C=O) groups is 1. The fourth-order valence-electron chi connectivity index (χ4n) is 2.75. The first-order chi connectivity index (χ1) is 11.6. The van der Waals surface area contributed by atoms with Crippen LogP contribution in [0.4, 0.5) is 0 Å². The van der Waals surface area contributed by atoms with Gasteiger partial charge in [-0.25, -0.2) is 9.78 Å². The van der Waals surface area contributed by atoms with E-state index in [0.717, 1.165) is 0 Å². The summed E-state index contributed by atoms with van der Waals surface area (Å²) in [7, 11) is 0. The number of oxazole rings is 1. The van der Waals surface area contributed by atoms with Crippen LogP contribution in [-0.2, 0) is 4.74 Å². The molecular weight excluding hydrogens is 332 g/mol. The lowest BCUT2D eigenvalue weighted by atomic mass is 10.2. The highest BCUT2D eigenvalue weighted by molar-refractivity contribution is 6.29. The van der Waals surface area contributed by atoms with E-state index in [0.29, 0.717) is 16.7 Å². The standard InChI is InChI=1S/C17H11ClN2O4/c1-2-23-17(22)13-14(21)9-7-8-12(18)19-15(9)20-10-5-3-4-6-11(10)24-16(13)20/h3-8H,2H2,1H3. The quantitative estimate of drug-likeness (QED) is 0.412. The Morgan fingerprint density at radius 1 is 1.29 bits per heavy atom. The molecule has 0 spiro atoms. The zero-order chi connectivity index (χ0) is 16.8. The summed E-state index contributed by atoms with van der Waals surface area (Å²) in [5, 5.41) is 0.511. The molecule has 4 rings (SSSR count). The number of para-hydroxylation sites is 2. The summed E-state index contributed by atoms with van der Waals surface area (Å²) < 4.78 is 12.4. The fraction of sp³-hybridized carbons (Fsp3) is 0.118. The molecule has 0 N–H and O–H groups in total. The minimum Gasteiger partial charge on any atom is -0.462 e. The van der Waals surface area contributed by atoms with Gasteiger partial charge >= 0.3 is 5.97 Å². The van der Waals surface area contributed by atoms with Gasteiger partial charge in [0.25, 0.3) is 0 Å². The number of fused-ring (bicyclic) bond motifs is 5. The molecule has 0 unspecified atom stereocenters. The van der Waals surface area contributed by atoms with Gasteiger partial charge in [0, 0.05) is 0 Å². The SMILES string of the molecule is CCOC(=O)c1c(=O)c2ccc(Cl)nc2n2c1oc1ccccc12. The second kappa shape index (κ2) is 5.35. The monoisotopic (exact) mass is 342 g/mol. The van der Waals surface area contributed by atoms with Crippen LogP contribution in [0.1, 0.15) is 17.3 Å². The number of aromatic nitrogens is 2. The van der Waals surface area contributed by atoms with Crippen LogP contribution in [0.15, 0.2) is 45.6 Å². The number of pyridine rings is 2. The van der Waals surface area contributed by atoms with Crippen molar-refractivity contribution in [1.29, 1.82) is 0 Å². The third-order valence-corrected chi connectivity index (χ3v) is 3.94. The number of nitrogens with zero attached hydrogens (tertiary/aromatic N) is 2. The number of ether oxygens (including phenoxy) is 1. The normalized spacial score (nSPS) is 11.4. The number of rotatable bonds is 2. The van der Waals surface area contributed by atoms with Crippen LogP contribution in [0.5, 0.6) is 0 Å². The predicted molar refractivity (Wildman–Crippen MR) is 89.7 cm³/mol. The molecule has 7 heteroatoms. The summed E-state index contributed by atoms with van der Waals surface area (Å²) in [6.45, 7) is 1.83. The second-order valence-electron chi connectivity index (χ2n) is 5.14. The van der Waals surface area contributed by atoms with Crippen molar-refractivity contribution in [2.45, 2.75) is 6.92 Å². The van der Waals surface area contributed by atoms with Gasteiger partial charge in [-0.2, -0.15) is 0 Å². The first-order valence-electron chi connectivity index (χ1n) is 7.31. The molecule has 0 radical (unpaired) electrons. The highest BCUT2D eigenvalue weighted by Crippen LogP contribution is 2.26. The highest BCUT2D eigenvalue weighted by atomic mass is 35.5. The molecule has 0 atom stereocenters. The predicted octanol–water partition coefficient (Wildman–Crippen LogP) is 3.42. The van der Waals surface area contributed by atoms with Crippen molar-refractivity contribution in [2.24, 2.45) is 0 Å². The lowest BCUT2D eigenvalue weighted by Gasteiger charge is -2.06. The summed E-state index contributed by atoms with van der Waals surface area (Å²) in [6, 6.07) is 10.2. The average Bonchev–Trinajstić information content (AvgIpc) is 2.94. The van der Waals surface area contributed by atoms with E-state index in [-0.39, 0.29) is 28.4 Å². The van der Waals surface area contributed by atoms with Crippen LogP contribution < -0.4 is 5.43 Å². The van der Waals surface area contributed by atoms with E-state index in [1.807, 2.05) is 12.1 Å². The van der Waals surface area contributed by atoms with Gasteiger partial charge in [0.2, 0.25) is 11.1 Å². The van der Waals surface area contributed by atoms with E-state index >= 15 is 0 Å². The molecule has 1 aromatic carbocycles. The van der Waals surface area contributed by atoms with Gasteiger partial charge in [-0.3, -0.25) is 9.20 Å². The first-order valence-corrected chi connectivity index (χ1v) is 7.69. The molecule has 0 saturated carbocycles. The maximum atomic E-state index is 12.8. The lowest BCUT2D eigenvalue weighted by molar-refractivity contribution is 0.0526. The Kier molecular flexibility index (Phi) is 3.28. The smallest absolute Gasteiger partial charge is 0.347 e. The molecule has 3 heterocycles. The van der Waals surface area contributed by atoms with E-state index in [4.69, 9.17) is 20.8 Å². The number of hydrogen-bond acceptors (Lipinski definition) is 5. The van der Waals surface area contributed by atoms with Gasteiger partial charge < -0.3 is 9.15 Å². The molecule has 24 heavy (non-hydrogen) atoms. The van der Waals surface area contributed by atoms with Gasteiger partial charge in [0.15, 0.2) is 16.8 Å². The largest absolute Gasteiger partial charge is 0.462 e. The van der Waals surface area contributed by atoms with Gasteiger partial charge in [-0.1, -0.05) is 23.7 Å². The molecule has 0 fully saturated rings. The highest BCUT2D eigenvalue weighted by Gasteiger charge is 2.24. The van der Waals surface area contributed by atoms with Crippen LogP contribution >= 0.6 is 11.6 Å². The average molecular weight is 343 g/mol. The molecule has 4 aromatic rings. The second-order valence-corrected chi connectivity index (χ2v) is 5.53. The van der Waals surface area contributed by atoms with Crippen molar-refractivity contribution < 1.29 is 13.9 Å². The van der Waals surface area contributed by atoms with Crippen molar-refractivity contribution in [3.8, 4) is 0 Å². The van der Waals surface area contributed by atoms with E-state index in [1.165, 1.54) is 6.07 Å². The summed E-state index contributed by atoms with van der Waals surface area (Å²) >= 11 is 5.99. The Morgan fingerprint density at radius 3 is 2.88 bits per heavy atom. The number of esters is 1. The molecule has 0 aliphatic heterocycles. The van der Waals surface area contributed by atoms with Crippen molar-refractivity contribution >= 4 is 45.4 Å². The van der Waals surface area contributed by atoms with E-state index < -0.39 is 11.4 Å². The molecule has 0 amide bonds. The van der Waals surface area contributed by atoms with Crippen molar-refractivity contribution in [3.05, 3.63) is 57.3 Å². The molecule has 3 aromatic heterocycles.